The Morgan fingerprint density at radius 1 is 0.644 bits per heavy atom. The van der Waals surface area contributed by atoms with Crippen molar-refractivity contribution in [1.29, 1.82) is 0 Å². The molecule has 0 fully saturated rings. The van der Waals surface area contributed by atoms with Crippen LogP contribution in [0, 0.1) is 5.41 Å². The maximum atomic E-state index is 12.1. The van der Waals surface area contributed by atoms with E-state index in [4.69, 9.17) is 0 Å². The molecule has 0 aromatic carbocycles. The average molecular weight is 662 g/mol. The molecule has 0 aliphatic carbocycles. The molecule has 1 unspecified atom stereocenters. The van der Waals surface area contributed by atoms with Crippen LogP contribution in [0.4, 0.5) is 0 Å². The van der Waals surface area contributed by atoms with E-state index in [-0.39, 0.29) is 24.8 Å². The van der Waals surface area contributed by atoms with Gasteiger partial charge in [0.25, 0.3) is 0 Å². The lowest BCUT2D eigenvalue weighted by Gasteiger charge is -2.29. The van der Waals surface area contributed by atoms with Crippen LogP contribution >= 0.6 is 21.6 Å². The van der Waals surface area contributed by atoms with E-state index < -0.39 is 17.4 Å². The first kappa shape index (κ1) is 42.5. The van der Waals surface area contributed by atoms with Crippen LogP contribution in [-0.4, -0.2) is 60.1 Å². The van der Waals surface area contributed by atoms with Crippen LogP contribution in [0.25, 0.3) is 0 Å². The second-order valence-electron chi connectivity index (χ2n) is 11.1. The summed E-state index contributed by atoms with van der Waals surface area (Å²) in [4.78, 5) is 36.0. The van der Waals surface area contributed by atoms with Gasteiger partial charge in [-0.15, -0.1) is 0 Å². The summed E-state index contributed by atoms with van der Waals surface area (Å²) in [6.45, 7) is 9.23. The van der Waals surface area contributed by atoms with E-state index in [1.807, 2.05) is 32.9 Å². The predicted octanol–water partition coefficient (Wildman–Crippen LogP) is 7.38. The van der Waals surface area contributed by atoms with Crippen LogP contribution in [0.5, 0.6) is 0 Å². The molecule has 1 atom stereocenters. The molecule has 0 heterocycles. The molecule has 3 amide bonds. The summed E-state index contributed by atoms with van der Waals surface area (Å²) in [5, 5.41) is 18.6. The molecule has 0 rings (SSSR count). The second kappa shape index (κ2) is 30.2. The predicted molar refractivity (Wildman–Crippen MR) is 196 cm³/mol. The lowest BCUT2D eigenvalue weighted by atomic mass is 9.82. The van der Waals surface area contributed by atoms with Crippen LogP contribution in [-0.2, 0) is 14.4 Å². The molecule has 0 aromatic rings. The van der Waals surface area contributed by atoms with Gasteiger partial charge >= 0.3 is 0 Å². The van der Waals surface area contributed by atoms with E-state index in [1.165, 1.54) is 0 Å². The monoisotopic (exact) mass is 661 g/mol. The number of carbonyl (C=O) groups is 3. The highest BCUT2D eigenvalue weighted by Gasteiger charge is 2.32. The topological polar surface area (TPSA) is 108 Å². The zero-order valence-corrected chi connectivity index (χ0v) is 29.7. The van der Waals surface area contributed by atoms with Crippen molar-refractivity contribution < 1.29 is 19.5 Å². The molecule has 0 saturated heterocycles. The van der Waals surface area contributed by atoms with Gasteiger partial charge in [0.1, 0.15) is 6.10 Å². The standard InChI is InChI=1S/C36H59N3O4S2/c1-5-7-8-9-10-11-12-13-14-15-16-17-18-19-20-21-22-23-24-32(40)37-28-30-44-45-31-29-38-33(41)25-27-39-35(43)34(42)36(3,4)26-6-2/h7-8,10-11,13-14,16-17,19-20,22-23,34,42H,5-6,9,12,15,18,21,24-31H2,1-4H3,(H,37,40)(H,38,41)(H,39,43). The SMILES string of the molecule is CCC=CCC=CCC=CCC=CCC=CCC=CCC(=O)NCCSSCCNC(=O)CCNC(=O)C(O)C(C)(C)CCC. The average Bonchev–Trinajstić information content (AvgIpc) is 3.01. The molecule has 4 N–H and O–H groups in total. The zero-order valence-electron chi connectivity index (χ0n) is 28.1. The molecule has 45 heavy (non-hydrogen) atoms. The van der Waals surface area contributed by atoms with Crippen molar-refractivity contribution in [2.45, 2.75) is 98.0 Å². The third kappa shape index (κ3) is 27.5. The van der Waals surface area contributed by atoms with E-state index in [0.29, 0.717) is 19.5 Å². The molecule has 0 spiro atoms. The Kier molecular flexibility index (Phi) is 28.5. The third-order valence-electron chi connectivity index (χ3n) is 6.53. The van der Waals surface area contributed by atoms with Crippen LogP contribution in [0.2, 0.25) is 0 Å². The first-order valence-electron chi connectivity index (χ1n) is 16.4. The molecule has 9 heteroatoms. The summed E-state index contributed by atoms with van der Waals surface area (Å²) in [5.41, 5.74) is -0.492. The van der Waals surface area contributed by atoms with Gasteiger partial charge in [-0.3, -0.25) is 14.4 Å². The highest BCUT2D eigenvalue weighted by atomic mass is 33.1. The van der Waals surface area contributed by atoms with Gasteiger partial charge < -0.3 is 21.1 Å². The van der Waals surface area contributed by atoms with Crippen LogP contribution in [0.15, 0.2) is 72.9 Å². The first-order chi connectivity index (χ1) is 21.7. The van der Waals surface area contributed by atoms with Crippen LogP contribution in [0.3, 0.4) is 0 Å². The zero-order chi connectivity index (χ0) is 33.4. The highest BCUT2D eigenvalue weighted by Crippen LogP contribution is 2.26. The summed E-state index contributed by atoms with van der Waals surface area (Å²) in [7, 11) is 3.30. The van der Waals surface area contributed by atoms with Gasteiger partial charge in [-0.05, 0) is 50.4 Å². The van der Waals surface area contributed by atoms with Crippen molar-refractivity contribution in [3.63, 3.8) is 0 Å². The Morgan fingerprint density at radius 3 is 1.56 bits per heavy atom. The summed E-state index contributed by atoms with van der Waals surface area (Å²) >= 11 is 0. The molecule has 0 aliphatic rings. The molecule has 7 nitrogen and oxygen atoms in total. The van der Waals surface area contributed by atoms with Gasteiger partial charge in [-0.25, -0.2) is 0 Å². The summed E-state index contributed by atoms with van der Waals surface area (Å²) in [6, 6.07) is 0. The van der Waals surface area contributed by atoms with E-state index in [0.717, 1.165) is 62.9 Å². The smallest absolute Gasteiger partial charge is 0.249 e. The van der Waals surface area contributed by atoms with Crippen molar-refractivity contribution in [2.24, 2.45) is 5.41 Å². The molecule has 0 bridgehead atoms. The minimum absolute atomic E-state index is 0.0152. The number of amides is 3. The maximum absolute atomic E-state index is 12.1. The number of hydrogen-bond acceptors (Lipinski definition) is 6. The Labute approximate surface area is 281 Å². The van der Waals surface area contributed by atoms with Crippen molar-refractivity contribution in [3.05, 3.63) is 72.9 Å². The van der Waals surface area contributed by atoms with Gasteiger partial charge in [0.2, 0.25) is 17.7 Å². The third-order valence-corrected chi connectivity index (χ3v) is 8.94. The number of nitrogens with one attached hydrogen (secondary N) is 3. The number of allylic oxidation sites excluding steroid dienone is 11. The lowest BCUT2D eigenvalue weighted by molar-refractivity contribution is -0.135. The minimum Gasteiger partial charge on any atom is -0.383 e. The molecule has 0 radical (unpaired) electrons. The first-order valence-corrected chi connectivity index (χ1v) is 18.9. The van der Waals surface area contributed by atoms with Crippen molar-refractivity contribution >= 4 is 39.3 Å². The number of hydrogen-bond donors (Lipinski definition) is 4. The Bertz CT molecular complexity index is 971. The van der Waals surface area contributed by atoms with Gasteiger partial charge in [-0.1, -0.05) is 129 Å². The fourth-order valence-electron chi connectivity index (χ4n) is 3.99. The van der Waals surface area contributed by atoms with Gasteiger partial charge in [0.15, 0.2) is 0 Å². The van der Waals surface area contributed by atoms with Crippen molar-refractivity contribution in [1.82, 2.24) is 16.0 Å². The number of carbonyl (C=O) groups excluding carboxylic acids is 3. The van der Waals surface area contributed by atoms with E-state index >= 15 is 0 Å². The molecular formula is C36H59N3O4S2. The van der Waals surface area contributed by atoms with E-state index in [9.17, 15) is 19.5 Å². The van der Waals surface area contributed by atoms with Gasteiger partial charge in [0, 0.05) is 44.0 Å². The molecule has 0 saturated carbocycles. The molecular weight excluding hydrogens is 603 g/mol. The quantitative estimate of drug-likeness (QED) is 0.0416. The van der Waals surface area contributed by atoms with Crippen LogP contribution < -0.4 is 16.0 Å². The van der Waals surface area contributed by atoms with Crippen LogP contribution in [0.1, 0.15) is 91.9 Å². The van der Waals surface area contributed by atoms with Gasteiger partial charge in [0.05, 0.1) is 0 Å². The Balaban J connectivity index is 3.67. The number of rotatable bonds is 27. The Hall–Kier alpha value is -2.49. The summed E-state index contributed by atoms with van der Waals surface area (Å²) < 4.78 is 0. The highest BCUT2D eigenvalue weighted by molar-refractivity contribution is 8.76. The van der Waals surface area contributed by atoms with Crippen molar-refractivity contribution in [3.8, 4) is 0 Å². The number of aliphatic hydroxyl groups is 1. The number of aliphatic hydroxyl groups excluding tert-OH is 1. The summed E-state index contributed by atoms with van der Waals surface area (Å²) in [6.07, 6.45) is 32.6. The Morgan fingerprint density at radius 2 is 1.09 bits per heavy atom. The lowest BCUT2D eigenvalue weighted by Crippen LogP contribution is -2.44. The molecule has 0 aromatic heterocycles. The molecule has 0 aliphatic heterocycles. The fourth-order valence-corrected chi connectivity index (χ4v) is 5.80. The van der Waals surface area contributed by atoms with E-state index in [2.05, 4.69) is 83.6 Å². The second-order valence-corrected chi connectivity index (χ2v) is 13.8. The molecule has 254 valence electrons. The maximum Gasteiger partial charge on any atom is 0.249 e. The fraction of sp³-hybridized carbons (Fsp3) is 0.583. The largest absolute Gasteiger partial charge is 0.383 e. The minimum atomic E-state index is -1.09. The summed E-state index contributed by atoms with van der Waals surface area (Å²) in [5.74, 6) is 0.986. The van der Waals surface area contributed by atoms with Gasteiger partial charge in [-0.2, -0.15) is 0 Å². The van der Waals surface area contributed by atoms with E-state index in [1.54, 1.807) is 21.6 Å². The van der Waals surface area contributed by atoms with Crippen molar-refractivity contribution in [2.75, 3.05) is 31.1 Å². The normalized spacial score (nSPS) is 13.3.